The monoisotopic (exact) mass is 420 g/mol. The number of urea groups is 1. The summed E-state index contributed by atoms with van der Waals surface area (Å²) in [6.07, 6.45) is 4.09. The van der Waals surface area contributed by atoms with E-state index in [4.69, 9.17) is 0 Å². The van der Waals surface area contributed by atoms with Gasteiger partial charge in [0, 0.05) is 31.4 Å². The van der Waals surface area contributed by atoms with Crippen LogP contribution in [0.4, 0.5) is 20.0 Å². The maximum absolute atomic E-state index is 14.2. The maximum Gasteiger partial charge on any atom is 0.327 e. The van der Waals surface area contributed by atoms with E-state index in [0.29, 0.717) is 27.0 Å². The van der Waals surface area contributed by atoms with Gasteiger partial charge in [-0.3, -0.25) is 9.88 Å². The van der Waals surface area contributed by atoms with Crippen LogP contribution < -0.4 is 10.2 Å². The van der Waals surface area contributed by atoms with E-state index < -0.39 is 15.7 Å². The van der Waals surface area contributed by atoms with E-state index in [9.17, 15) is 17.6 Å². The third-order valence-electron chi connectivity index (χ3n) is 3.90. The number of pyridine rings is 1. The van der Waals surface area contributed by atoms with Gasteiger partial charge in [0.25, 0.3) is 0 Å². The van der Waals surface area contributed by atoms with Crippen LogP contribution in [-0.2, 0) is 9.84 Å². The van der Waals surface area contributed by atoms with Crippen molar-refractivity contribution in [3.05, 3.63) is 54.2 Å². The Kier molecular flexibility index (Phi) is 5.43. The van der Waals surface area contributed by atoms with Crippen molar-refractivity contribution in [2.24, 2.45) is 0 Å². The molecule has 0 atom stereocenters. The molecule has 0 aliphatic carbocycles. The van der Waals surface area contributed by atoms with Gasteiger partial charge in [-0.05, 0) is 36.8 Å². The number of aryl methyl sites for hydroxylation is 1. The van der Waals surface area contributed by atoms with Crippen molar-refractivity contribution in [2.75, 3.05) is 23.5 Å². The van der Waals surface area contributed by atoms with Crippen molar-refractivity contribution in [2.45, 2.75) is 11.8 Å². The molecule has 0 unspecified atom stereocenters. The lowest BCUT2D eigenvalue weighted by atomic mass is 10.1. The van der Waals surface area contributed by atoms with Crippen molar-refractivity contribution < 1.29 is 17.6 Å². The zero-order chi connectivity index (χ0) is 20.5. The SMILES string of the molecule is Cc1nc(N(C)C(=O)Nc2ccncc2)sc1-c1ccc(S(C)(=O)=O)c(F)c1. The van der Waals surface area contributed by atoms with Gasteiger partial charge in [0.15, 0.2) is 15.0 Å². The van der Waals surface area contributed by atoms with Crippen LogP contribution in [0.2, 0.25) is 0 Å². The number of nitrogens with zero attached hydrogens (tertiary/aromatic N) is 3. The number of hydrogen-bond acceptors (Lipinski definition) is 6. The van der Waals surface area contributed by atoms with Crippen LogP contribution in [-0.4, -0.2) is 37.7 Å². The average Bonchev–Trinajstić information content (AvgIpc) is 3.02. The fourth-order valence-corrected chi connectivity index (χ4v) is 4.22. The van der Waals surface area contributed by atoms with Gasteiger partial charge in [0.05, 0.1) is 10.6 Å². The fraction of sp³-hybridized carbons (Fsp3) is 0.167. The number of amides is 2. The lowest BCUT2D eigenvalue weighted by Gasteiger charge is -2.14. The van der Waals surface area contributed by atoms with Gasteiger partial charge in [-0.1, -0.05) is 17.4 Å². The second kappa shape index (κ2) is 7.64. The molecule has 2 amide bonds. The minimum Gasteiger partial charge on any atom is -0.307 e. The highest BCUT2D eigenvalue weighted by Gasteiger charge is 2.20. The summed E-state index contributed by atoms with van der Waals surface area (Å²) in [5.74, 6) is -0.821. The number of anilines is 2. The van der Waals surface area contributed by atoms with Gasteiger partial charge in [-0.15, -0.1) is 0 Å². The number of rotatable bonds is 4. The van der Waals surface area contributed by atoms with Crippen molar-refractivity contribution in [1.82, 2.24) is 9.97 Å². The van der Waals surface area contributed by atoms with E-state index >= 15 is 0 Å². The molecule has 3 aromatic rings. The van der Waals surface area contributed by atoms with Gasteiger partial charge >= 0.3 is 6.03 Å². The zero-order valence-electron chi connectivity index (χ0n) is 15.3. The minimum absolute atomic E-state index is 0.354. The number of carbonyl (C=O) groups is 1. The molecule has 3 rings (SSSR count). The highest BCUT2D eigenvalue weighted by atomic mass is 32.2. The standard InChI is InChI=1S/C18H17FN4O3S2/c1-11-16(12-4-5-15(14(19)10-12)28(3,25)26)27-18(21-11)23(2)17(24)22-13-6-8-20-9-7-13/h4-10H,1-3H3,(H,20,22,24). The Balaban J connectivity index is 1.87. The summed E-state index contributed by atoms with van der Waals surface area (Å²) < 4.78 is 37.4. The van der Waals surface area contributed by atoms with Crippen LogP contribution in [0.15, 0.2) is 47.6 Å². The van der Waals surface area contributed by atoms with E-state index in [0.717, 1.165) is 12.3 Å². The highest BCUT2D eigenvalue weighted by Crippen LogP contribution is 2.35. The first kappa shape index (κ1) is 19.9. The fourth-order valence-electron chi connectivity index (χ4n) is 2.47. The molecule has 1 aromatic carbocycles. The number of aromatic nitrogens is 2. The number of halogens is 1. The molecule has 2 aromatic heterocycles. The summed E-state index contributed by atoms with van der Waals surface area (Å²) in [4.78, 5) is 22.3. The summed E-state index contributed by atoms with van der Waals surface area (Å²) >= 11 is 1.21. The minimum atomic E-state index is -3.64. The first-order chi connectivity index (χ1) is 13.2. The van der Waals surface area contributed by atoms with E-state index in [1.807, 2.05) is 0 Å². The van der Waals surface area contributed by atoms with Crippen LogP contribution >= 0.6 is 11.3 Å². The lowest BCUT2D eigenvalue weighted by Crippen LogP contribution is -2.31. The Morgan fingerprint density at radius 3 is 2.50 bits per heavy atom. The van der Waals surface area contributed by atoms with Gasteiger partial charge in [-0.25, -0.2) is 22.6 Å². The number of carbonyl (C=O) groups excluding carboxylic acids is 1. The molecule has 0 bridgehead atoms. The number of hydrogen-bond donors (Lipinski definition) is 1. The molecule has 0 saturated carbocycles. The summed E-state index contributed by atoms with van der Waals surface area (Å²) in [6, 6.07) is 6.87. The Labute approximate surface area is 165 Å². The summed E-state index contributed by atoms with van der Waals surface area (Å²) in [7, 11) is -2.07. The molecule has 1 N–H and O–H groups in total. The first-order valence-corrected chi connectivity index (χ1v) is 10.8. The molecular formula is C18H17FN4O3S2. The van der Waals surface area contributed by atoms with E-state index in [2.05, 4.69) is 15.3 Å². The topological polar surface area (TPSA) is 92.3 Å². The van der Waals surface area contributed by atoms with Gasteiger partial charge < -0.3 is 5.32 Å². The average molecular weight is 420 g/mol. The van der Waals surface area contributed by atoms with Gasteiger partial charge in [0.2, 0.25) is 0 Å². The van der Waals surface area contributed by atoms with Crippen molar-refractivity contribution in [1.29, 1.82) is 0 Å². The summed E-state index contributed by atoms with van der Waals surface area (Å²) in [5.41, 5.74) is 1.70. The summed E-state index contributed by atoms with van der Waals surface area (Å²) in [6.45, 7) is 1.74. The second-order valence-corrected chi connectivity index (χ2v) is 9.02. The predicted molar refractivity (Wildman–Crippen MR) is 107 cm³/mol. The van der Waals surface area contributed by atoms with Crippen LogP contribution in [0.25, 0.3) is 10.4 Å². The molecule has 2 heterocycles. The number of benzene rings is 1. The molecule has 7 nitrogen and oxygen atoms in total. The molecule has 0 radical (unpaired) electrons. The Morgan fingerprint density at radius 1 is 1.21 bits per heavy atom. The molecule has 146 valence electrons. The van der Waals surface area contributed by atoms with E-state index in [1.54, 1.807) is 38.5 Å². The van der Waals surface area contributed by atoms with Crippen molar-refractivity contribution in [3.63, 3.8) is 0 Å². The Hall–Kier alpha value is -2.85. The predicted octanol–water partition coefficient (Wildman–Crippen LogP) is 3.72. The number of sulfone groups is 1. The van der Waals surface area contributed by atoms with Crippen LogP contribution in [0.3, 0.4) is 0 Å². The maximum atomic E-state index is 14.2. The first-order valence-electron chi connectivity index (χ1n) is 8.09. The van der Waals surface area contributed by atoms with Gasteiger partial charge in [0.1, 0.15) is 10.7 Å². The largest absolute Gasteiger partial charge is 0.327 e. The second-order valence-electron chi connectivity index (χ2n) is 6.05. The number of thiazole rings is 1. The van der Waals surface area contributed by atoms with Crippen LogP contribution in [0.5, 0.6) is 0 Å². The Bertz CT molecular complexity index is 1130. The Morgan fingerprint density at radius 2 is 1.89 bits per heavy atom. The molecule has 0 aliphatic heterocycles. The molecule has 0 aliphatic rings. The molecule has 28 heavy (non-hydrogen) atoms. The zero-order valence-corrected chi connectivity index (χ0v) is 16.9. The third-order valence-corrected chi connectivity index (χ3v) is 6.31. The van der Waals surface area contributed by atoms with Crippen LogP contribution in [0.1, 0.15) is 5.69 Å². The highest BCUT2D eigenvalue weighted by molar-refractivity contribution is 7.90. The lowest BCUT2D eigenvalue weighted by molar-refractivity contribution is 0.258. The molecule has 0 spiro atoms. The van der Waals surface area contributed by atoms with Crippen LogP contribution in [0, 0.1) is 12.7 Å². The number of nitrogens with one attached hydrogen (secondary N) is 1. The smallest absolute Gasteiger partial charge is 0.307 e. The quantitative estimate of drug-likeness (QED) is 0.694. The normalized spacial score (nSPS) is 11.3. The molecular weight excluding hydrogens is 403 g/mol. The van der Waals surface area contributed by atoms with Gasteiger partial charge in [-0.2, -0.15) is 0 Å². The molecule has 0 saturated heterocycles. The van der Waals surface area contributed by atoms with E-state index in [-0.39, 0.29) is 10.9 Å². The van der Waals surface area contributed by atoms with E-state index in [1.165, 1.54) is 28.4 Å². The van der Waals surface area contributed by atoms with Crippen molar-refractivity contribution >= 4 is 38.0 Å². The summed E-state index contributed by atoms with van der Waals surface area (Å²) in [5, 5.41) is 3.15. The molecule has 0 fully saturated rings. The van der Waals surface area contributed by atoms with Crippen molar-refractivity contribution in [3.8, 4) is 10.4 Å². The third kappa shape index (κ3) is 4.18. The molecule has 10 heteroatoms.